The Morgan fingerprint density at radius 3 is 2.55 bits per heavy atom. The van der Waals surface area contributed by atoms with Gasteiger partial charge in [-0.1, -0.05) is 18.7 Å². The number of benzene rings is 1. The van der Waals surface area contributed by atoms with E-state index in [1.165, 1.54) is 12.1 Å². The van der Waals surface area contributed by atoms with Gasteiger partial charge in [0.25, 0.3) is 0 Å². The molecule has 1 atom stereocenters. The number of ether oxygens (including phenoxy) is 3. The van der Waals surface area contributed by atoms with E-state index >= 15 is 0 Å². The van der Waals surface area contributed by atoms with Crippen molar-refractivity contribution in [2.24, 2.45) is 0 Å². The molecule has 7 nitrogen and oxygen atoms in total. The molecule has 1 unspecified atom stereocenters. The largest absolute Gasteiger partial charge is 0.508 e. The van der Waals surface area contributed by atoms with Gasteiger partial charge < -0.3 is 19.3 Å². The monoisotopic (exact) mass is 284 g/mol. The molecule has 0 heterocycles. The number of phenolic OH excluding ortho intramolecular Hbond substituents is 1. The Kier molecular flexibility index (Phi) is 7.30. The maximum atomic E-state index is 10.7. The Labute approximate surface area is 115 Å². The Morgan fingerprint density at radius 2 is 1.95 bits per heavy atom. The molecule has 0 amide bonds. The zero-order valence-electron chi connectivity index (χ0n) is 10.7. The number of aromatic hydroxyl groups is 1. The van der Waals surface area contributed by atoms with E-state index in [1.54, 1.807) is 12.1 Å². The van der Waals surface area contributed by atoms with E-state index in [1.807, 2.05) is 0 Å². The molecular weight excluding hydrogens is 268 g/mol. The standard InChI is InChI=1S/C13H16O7/c1-2-13(15)19-9-18-8-17-7-12(20-16)10-3-5-11(14)6-4-10/h2-6,12,14,16H,1,7-9H2. The van der Waals surface area contributed by atoms with Gasteiger partial charge in [-0.3, -0.25) is 5.26 Å². The fraction of sp³-hybridized carbons (Fsp3) is 0.308. The third kappa shape index (κ3) is 5.81. The summed E-state index contributed by atoms with van der Waals surface area (Å²) < 4.78 is 14.5. The van der Waals surface area contributed by atoms with Crippen molar-refractivity contribution in [1.82, 2.24) is 0 Å². The highest BCUT2D eigenvalue weighted by Crippen LogP contribution is 2.19. The Hall–Kier alpha value is -1.93. The summed E-state index contributed by atoms with van der Waals surface area (Å²) in [4.78, 5) is 15.0. The van der Waals surface area contributed by atoms with E-state index in [0.29, 0.717) is 5.56 Å². The van der Waals surface area contributed by atoms with Crippen molar-refractivity contribution in [3.63, 3.8) is 0 Å². The molecule has 0 saturated carbocycles. The van der Waals surface area contributed by atoms with Crippen LogP contribution in [0.2, 0.25) is 0 Å². The number of hydrogen-bond acceptors (Lipinski definition) is 7. The molecule has 0 spiro atoms. The van der Waals surface area contributed by atoms with Crippen LogP contribution in [0.3, 0.4) is 0 Å². The molecule has 1 aromatic carbocycles. The van der Waals surface area contributed by atoms with Crippen molar-refractivity contribution in [3.05, 3.63) is 42.5 Å². The molecule has 0 aromatic heterocycles. The van der Waals surface area contributed by atoms with Gasteiger partial charge in [0, 0.05) is 6.08 Å². The molecule has 0 saturated heterocycles. The van der Waals surface area contributed by atoms with Gasteiger partial charge in [0.2, 0.25) is 0 Å². The predicted molar refractivity (Wildman–Crippen MR) is 67.6 cm³/mol. The van der Waals surface area contributed by atoms with E-state index in [2.05, 4.69) is 16.2 Å². The van der Waals surface area contributed by atoms with Crippen LogP contribution < -0.4 is 0 Å². The Morgan fingerprint density at radius 1 is 1.25 bits per heavy atom. The van der Waals surface area contributed by atoms with E-state index in [4.69, 9.17) is 19.8 Å². The second-order valence-electron chi connectivity index (χ2n) is 3.66. The number of rotatable bonds is 9. The van der Waals surface area contributed by atoms with Crippen LogP contribution in [0.1, 0.15) is 11.7 Å². The number of phenols is 1. The SMILES string of the molecule is C=CC(=O)OCOCOCC(OO)c1ccc(O)cc1. The first-order valence-electron chi connectivity index (χ1n) is 5.71. The first kappa shape index (κ1) is 16.1. The van der Waals surface area contributed by atoms with Crippen molar-refractivity contribution >= 4 is 5.97 Å². The molecule has 0 aliphatic heterocycles. The minimum Gasteiger partial charge on any atom is -0.508 e. The molecule has 0 radical (unpaired) electrons. The van der Waals surface area contributed by atoms with Crippen LogP contribution in [-0.2, 0) is 23.9 Å². The number of esters is 1. The zero-order chi connectivity index (χ0) is 14.8. The van der Waals surface area contributed by atoms with E-state index in [-0.39, 0.29) is 25.9 Å². The molecule has 0 bridgehead atoms. The van der Waals surface area contributed by atoms with Crippen molar-refractivity contribution in [2.75, 3.05) is 20.2 Å². The van der Waals surface area contributed by atoms with Crippen molar-refractivity contribution < 1.29 is 34.3 Å². The highest BCUT2D eigenvalue weighted by molar-refractivity contribution is 5.81. The van der Waals surface area contributed by atoms with Crippen molar-refractivity contribution in [3.8, 4) is 5.75 Å². The fourth-order valence-corrected chi connectivity index (χ4v) is 1.28. The molecule has 0 aliphatic rings. The van der Waals surface area contributed by atoms with Crippen molar-refractivity contribution in [1.29, 1.82) is 0 Å². The lowest BCUT2D eigenvalue weighted by atomic mass is 10.1. The third-order valence-corrected chi connectivity index (χ3v) is 2.28. The van der Waals surface area contributed by atoms with Gasteiger partial charge in [-0.05, 0) is 17.7 Å². The summed E-state index contributed by atoms with van der Waals surface area (Å²) in [6.45, 7) is 2.86. The molecule has 110 valence electrons. The number of carbonyl (C=O) groups excluding carboxylic acids is 1. The highest BCUT2D eigenvalue weighted by Gasteiger charge is 2.12. The van der Waals surface area contributed by atoms with Crippen LogP contribution in [0.25, 0.3) is 0 Å². The summed E-state index contributed by atoms with van der Waals surface area (Å²) in [5.41, 5.74) is 0.628. The molecule has 20 heavy (non-hydrogen) atoms. The minimum absolute atomic E-state index is 0.0245. The van der Waals surface area contributed by atoms with Crippen LogP contribution in [0, 0.1) is 0 Å². The van der Waals surface area contributed by atoms with Gasteiger partial charge in [0.05, 0.1) is 6.61 Å². The van der Waals surface area contributed by atoms with E-state index < -0.39 is 12.1 Å². The Bertz CT molecular complexity index is 415. The molecule has 0 fully saturated rings. The second-order valence-corrected chi connectivity index (χ2v) is 3.66. The average Bonchev–Trinajstić information content (AvgIpc) is 2.47. The number of carbonyl (C=O) groups is 1. The fourth-order valence-electron chi connectivity index (χ4n) is 1.28. The Balaban J connectivity index is 2.23. The van der Waals surface area contributed by atoms with Crippen molar-refractivity contribution in [2.45, 2.75) is 6.10 Å². The minimum atomic E-state index is -0.713. The van der Waals surface area contributed by atoms with Crippen LogP contribution in [0.5, 0.6) is 5.75 Å². The topological polar surface area (TPSA) is 94.5 Å². The summed E-state index contributed by atoms with van der Waals surface area (Å²) in [6.07, 6.45) is 0.305. The highest BCUT2D eigenvalue weighted by atomic mass is 17.1. The third-order valence-electron chi connectivity index (χ3n) is 2.28. The molecule has 1 rings (SSSR count). The number of hydrogen-bond donors (Lipinski definition) is 2. The maximum absolute atomic E-state index is 10.7. The quantitative estimate of drug-likeness (QED) is 0.178. The zero-order valence-corrected chi connectivity index (χ0v) is 10.7. The summed E-state index contributed by atoms with van der Waals surface area (Å²) in [6, 6.07) is 6.11. The maximum Gasteiger partial charge on any atom is 0.332 e. The first-order valence-corrected chi connectivity index (χ1v) is 5.71. The van der Waals surface area contributed by atoms with E-state index in [9.17, 15) is 4.79 Å². The van der Waals surface area contributed by atoms with Gasteiger partial charge in [0.15, 0.2) is 13.6 Å². The second kappa shape index (κ2) is 9.05. The normalized spacial score (nSPS) is 11.8. The first-order chi connectivity index (χ1) is 9.67. The van der Waals surface area contributed by atoms with E-state index in [0.717, 1.165) is 6.08 Å². The summed E-state index contributed by atoms with van der Waals surface area (Å²) in [5, 5.41) is 17.9. The predicted octanol–water partition coefficient (Wildman–Crippen LogP) is 1.60. The lowest BCUT2D eigenvalue weighted by molar-refractivity contribution is -0.294. The lowest BCUT2D eigenvalue weighted by Crippen LogP contribution is -2.13. The lowest BCUT2D eigenvalue weighted by Gasteiger charge is -2.14. The van der Waals surface area contributed by atoms with Crippen LogP contribution >= 0.6 is 0 Å². The average molecular weight is 284 g/mol. The van der Waals surface area contributed by atoms with Crippen LogP contribution in [0.15, 0.2) is 36.9 Å². The molecule has 0 aliphatic carbocycles. The van der Waals surface area contributed by atoms with Gasteiger partial charge >= 0.3 is 5.97 Å². The summed E-state index contributed by atoms with van der Waals surface area (Å²) in [7, 11) is 0. The molecule has 1 aromatic rings. The van der Waals surface area contributed by atoms with Gasteiger partial charge in [-0.25, -0.2) is 9.68 Å². The van der Waals surface area contributed by atoms with Gasteiger partial charge in [-0.2, -0.15) is 0 Å². The summed E-state index contributed by atoms with van der Waals surface area (Å²) >= 11 is 0. The molecule has 2 N–H and O–H groups in total. The molecule has 7 heteroatoms. The smallest absolute Gasteiger partial charge is 0.332 e. The van der Waals surface area contributed by atoms with Crippen LogP contribution in [0.4, 0.5) is 0 Å². The van der Waals surface area contributed by atoms with Gasteiger partial charge in [0.1, 0.15) is 11.9 Å². The summed E-state index contributed by atoms with van der Waals surface area (Å²) in [5.74, 6) is -0.482. The van der Waals surface area contributed by atoms with Gasteiger partial charge in [-0.15, -0.1) is 0 Å². The molecular formula is C13H16O7. The van der Waals surface area contributed by atoms with Crippen LogP contribution in [-0.4, -0.2) is 36.5 Å².